The molecule has 0 aromatic carbocycles. The lowest BCUT2D eigenvalue weighted by Crippen LogP contribution is -2.37. The highest BCUT2D eigenvalue weighted by atomic mass is 19.3. The SMILES string of the molecule is OCc1ccn(C2CC(F)(F)C2)n1. The summed E-state index contributed by atoms with van der Waals surface area (Å²) in [7, 11) is 0. The first-order valence-corrected chi connectivity index (χ1v) is 4.13. The van der Waals surface area contributed by atoms with Crippen LogP contribution in [0, 0.1) is 0 Å². The van der Waals surface area contributed by atoms with Crippen molar-refractivity contribution in [1.29, 1.82) is 0 Å². The van der Waals surface area contributed by atoms with Crippen LogP contribution in [0.3, 0.4) is 0 Å². The number of rotatable bonds is 2. The van der Waals surface area contributed by atoms with E-state index < -0.39 is 5.92 Å². The number of hydrogen-bond donors (Lipinski definition) is 1. The van der Waals surface area contributed by atoms with Crippen LogP contribution in [0.1, 0.15) is 24.6 Å². The van der Waals surface area contributed by atoms with E-state index in [1.807, 2.05) is 0 Å². The summed E-state index contributed by atoms with van der Waals surface area (Å²) in [6.07, 6.45) is 1.35. The molecule has 0 amide bonds. The van der Waals surface area contributed by atoms with E-state index in [2.05, 4.69) is 5.10 Å². The number of aliphatic hydroxyl groups excluding tert-OH is 1. The molecule has 13 heavy (non-hydrogen) atoms. The summed E-state index contributed by atoms with van der Waals surface area (Å²) < 4.78 is 26.4. The van der Waals surface area contributed by atoms with Gasteiger partial charge in [0.05, 0.1) is 18.3 Å². The first-order chi connectivity index (χ1) is 6.11. The van der Waals surface area contributed by atoms with E-state index in [1.165, 1.54) is 4.68 Å². The van der Waals surface area contributed by atoms with Crippen LogP contribution in [-0.2, 0) is 6.61 Å². The van der Waals surface area contributed by atoms with Crippen LogP contribution in [-0.4, -0.2) is 20.8 Å². The molecule has 5 heteroatoms. The van der Waals surface area contributed by atoms with Crippen LogP contribution in [0.5, 0.6) is 0 Å². The van der Waals surface area contributed by atoms with Crippen LogP contribution in [0.4, 0.5) is 8.78 Å². The van der Waals surface area contributed by atoms with Gasteiger partial charge < -0.3 is 5.11 Å². The lowest BCUT2D eigenvalue weighted by atomic mass is 9.88. The molecule has 1 saturated carbocycles. The van der Waals surface area contributed by atoms with Crippen LogP contribution in [0.2, 0.25) is 0 Å². The van der Waals surface area contributed by atoms with Gasteiger partial charge in [0.15, 0.2) is 0 Å². The Morgan fingerprint density at radius 2 is 2.31 bits per heavy atom. The van der Waals surface area contributed by atoms with Gasteiger partial charge in [-0.1, -0.05) is 0 Å². The van der Waals surface area contributed by atoms with Crippen molar-refractivity contribution in [3.8, 4) is 0 Å². The topological polar surface area (TPSA) is 38.0 Å². The van der Waals surface area contributed by atoms with E-state index in [9.17, 15) is 8.78 Å². The molecule has 0 spiro atoms. The summed E-state index contributed by atoms with van der Waals surface area (Å²) in [5, 5.41) is 12.7. The summed E-state index contributed by atoms with van der Waals surface area (Å²) in [6.45, 7) is -0.143. The van der Waals surface area contributed by atoms with Crippen molar-refractivity contribution in [2.45, 2.75) is 31.4 Å². The van der Waals surface area contributed by atoms with Gasteiger partial charge in [-0.25, -0.2) is 8.78 Å². The van der Waals surface area contributed by atoms with Crippen molar-refractivity contribution in [1.82, 2.24) is 9.78 Å². The molecule has 1 aromatic rings. The highest BCUT2D eigenvalue weighted by molar-refractivity contribution is 5.00. The second kappa shape index (κ2) is 2.77. The molecular weight excluding hydrogens is 178 g/mol. The zero-order valence-corrected chi connectivity index (χ0v) is 6.95. The number of aromatic nitrogens is 2. The Hall–Kier alpha value is -0.970. The Bertz CT molecular complexity index is 303. The third kappa shape index (κ3) is 1.56. The second-order valence-corrected chi connectivity index (χ2v) is 3.36. The molecule has 1 aliphatic carbocycles. The fourth-order valence-corrected chi connectivity index (χ4v) is 1.48. The highest BCUT2D eigenvalue weighted by Crippen LogP contribution is 2.44. The number of alkyl halides is 2. The van der Waals surface area contributed by atoms with Gasteiger partial charge in [0, 0.05) is 19.0 Å². The largest absolute Gasteiger partial charge is 0.390 e. The zero-order valence-electron chi connectivity index (χ0n) is 6.95. The summed E-state index contributed by atoms with van der Waals surface area (Å²) >= 11 is 0. The predicted octanol–water partition coefficient (Wildman–Crippen LogP) is 1.35. The van der Waals surface area contributed by atoms with Gasteiger partial charge in [-0.3, -0.25) is 4.68 Å². The molecule has 1 N–H and O–H groups in total. The normalized spacial score (nSPS) is 21.5. The van der Waals surface area contributed by atoms with Crippen LogP contribution >= 0.6 is 0 Å². The molecule has 0 aliphatic heterocycles. The van der Waals surface area contributed by atoms with Crippen molar-refractivity contribution < 1.29 is 13.9 Å². The van der Waals surface area contributed by atoms with Gasteiger partial charge in [-0.05, 0) is 6.07 Å². The van der Waals surface area contributed by atoms with Crippen molar-refractivity contribution in [2.24, 2.45) is 0 Å². The van der Waals surface area contributed by atoms with E-state index in [1.54, 1.807) is 12.3 Å². The summed E-state index contributed by atoms with van der Waals surface area (Å²) in [5.41, 5.74) is 0.523. The van der Waals surface area contributed by atoms with E-state index in [-0.39, 0.29) is 25.5 Å². The molecule has 2 rings (SSSR count). The molecule has 0 radical (unpaired) electrons. The lowest BCUT2D eigenvalue weighted by molar-refractivity contribution is -0.107. The summed E-state index contributed by atoms with van der Waals surface area (Å²) in [4.78, 5) is 0. The molecule has 1 fully saturated rings. The van der Waals surface area contributed by atoms with E-state index in [0.717, 1.165) is 0 Å². The maximum absolute atomic E-state index is 12.5. The number of nitrogens with zero attached hydrogens (tertiary/aromatic N) is 2. The van der Waals surface area contributed by atoms with E-state index in [0.29, 0.717) is 5.69 Å². The highest BCUT2D eigenvalue weighted by Gasteiger charge is 2.46. The zero-order chi connectivity index (χ0) is 9.47. The Morgan fingerprint density at radius 3 is 2.77 bits per heavy atom. The Kier molecular flexibility index (Phi) is 1.83. The maximum Gasteiger partial charge on any atom is 0.252 e. The fourth-order valence-electron chi connectivity index (χ4n) is 1.48. The molecule has 1 aromatic heterocycles. The summed E-state index contributed by atoms with van der Waals surface area (Å²) in [6, 6.07) is 1.44. The van der Waals surface area contributed by atoms with Crippen molar-refractivity contribution in [3.05, 3.63) is 18.0 Å². The number of aliphatic hydroxyl groups is 1. The molecule has 1 heterocycles. The molecule has 3 nitrogen and oxygen atoms in total. The van der Waals surface area contributed by atoms with Gasteiger partial charge in [0.1, 0.15) is 0 Å². The van der Waals surface area contributed by atoms with E-state index in [4.69, 9.17) is 5.11 Å². The molecule has 0 unspecified atom stereocenters. The van der Waals surface area contributed by atoms with Crippen LogP contribution in [0.25, 0.3) is 0 Å². The van der Waals surface area contributed by atoms with E-state index >= 15 is 0 Å². The fraction of sp³-hybridized carbons (Fsp3) is 0.625. The van der Waals surface area contributed by atoms with Crippen LogP contribution in [0.15, 0.2) is 12.3 Å². The first kappa shape index (κ1) is 8.62. The standard InChI is InChI=1S/C8H10F2N2O/c9-8(10)3-7(4-8)12-2-1-6(5-13)11-12/h1-2,7,13H,3-5H2. The summed E-state index contributed by atoms with van der Waals surface area (Å²) in [5.74, 6) is -2.52. The van der Waals surface area contributed by atoms with Gasteiger partial charge in [0.2, 0.25) is 0 Å². The minimum absolute atomic E-state index is 0.139. The van der Waals surface area contributed by atoms with Crippen molar-refractivity contribution in [3.63, 3.8) is 0 Å². The second-order valence-electron chi connectivity index (χ2n) is 3.36. The first-order valence-electron chi connectivity index (χ1n) is 4.13. The monoisotopic (exact) mass is 188 g/mol. The molecule has 72 valence electrons. The molecule has 0 saturated heterocycles. The van der Waals surface area contributed by atoms with Gasteiger partial charge in [0.25, 0.3) is 5.92 Å². The minimum atomic E-state index is -2.52. The number of halogens is 2. The lowest BCUT2D eigenvalue weighted by Gasteiger charge is -2.34. The molecular formula is C8H10F2N2O. The average Bonchev–Trinajstić information content (AvgIpc) is 2.47. The average molecular weight is 188 g/mol. The minimum Gasteiger partial charge on any atom is -0.390 e. The van der Waals surface area contributed by atoms with Gasteiger partial charge in [-0.2, -0.15) is 5.10 Å². The molecule has 0 bridgehead atoms. The predicted molar refractivity (Wildman–Crippen MR) is 41.4 cm³/mol. The van der Waals surface area contributed by atoms with Gasteiger partial charge >= 0.3 is 0 Å². The Morgan fingerprint density at radius 1 is 1.62 bits per heavy atom. The third-order valence-corrected chi connectivity index (χ3v) is 2.27. The van der Waals surface area contributed by atoms with Crippen molar-refractivity contribution >= 4 is 0 Å². The van der Waals surface area contributed by atoms with Gasteiger partial charge in [-0.15, -0.1) is 0 Å². The maximum atomic E-state index is 12.5. The molecule has 1 aliphatic rings. The third-order valence-electron chi connectivity index (χ3n) is 2.27. The van der Waals surface area contributed by atoms with Crippen molar-refractivity contribution in [2.75, 3.05) is 0 Å². The smallest absolute Gasteiger partial charge is 0.252 e. The number of hydrogen-bond acceptors (Lipinski definition) is 2. The quantitative estimate of drug-likeness (QED) is 0.760. The Labute approximate surface area is 74.0 Å². The molecule has 0 atom stereocenters. The van der Waals surface area contributed by atoms with Crippen LogP contribution < -0.4 is 0 Å². The Balaban J connectivity index is 2.03.